The van der Waals surface area contributed by atoms with E-state index in [2.05, 4.69) is 17.0 Å². The van der Waals surface area contributed by atoms with Crippen LogP contribution in [0.5, 0.6) is 17.2 Å². The summed E-state index contributed by atoms with van der Waals surface area (Å²) >= 11 is 0. The maximum absolute atomic E-state index is 10.4. The summed E-state index contributed by atoms with van der Waals surface area (Å²) in [6, 6.07) is 19.9. The van der Waals surface area contributed by atoms with E-state index < -0.39 is 6.10 Å². The summed E-state index contributed by atoms with van der Waals surface area (Å²) in [5.74, 6) is 2.20. The third-order valence-electron chi connectivity index (χ3n) is 4.60. The van der Waals surface area contributed by atoms with Gasteiger partial charge in [0.1, 0.15) is 18.5 Å². The van der Waals surface area contributed by atoms with Crippen molar-refractivity contribution in [3.8, 4) is 17.2 Å². The lowest BCUT2D eigenvalue weighted by molar-refractivity contribution is 0.0749. The largest absolute Gasteiger partial charge is 0.493 e. The van der Waals surface area contributed by atoms with Crippen molar-refractivity contribution in [3.05, 3.63) is 66.2 Å². The van der Waals surface area contributed by atoms with Crippen LogP contribution >= 0.6 is 0 Å². The molecule has 0 spiro atoms. The van der Waals surface area contributed by atoms with Gasteiger partial charge in [-0.3, -0.25) is 4.90 Å². The van der Waals surface area contributed by atoms with Gasteiger partial charge in [-0.2, -0.15) is 0 Å². The monoisotopic (exact) mass is 381 g/mol. The number of benzene rings is 3. The van der Waals surface area contributed by atoms with E-state index in [9.17, 15) is 5.11 Å². The molecule has 0 bridgehead atoms. The van der Waals surface area contributed by atoms with Crippen molar-refractivity contribution in [3.63, 3.8) is 0 Å². The molecular weight excluding hydrogens is 354 g/mol. The van der Waals surface area contributed by atoms with E-state index in [1.807, 2.05) is 55.6 Å². The Labute approximate surface area is 166 Å². The number of aliphatic hydroxyl groups is 1. The summed E-state index contributed by atoms with van der Waals surface area (Å²) in [5, 5.41) is 12.6. The van der Waals surface area contributed by atoms with Crippen LogP contribution in [0, 0.1) is 0 Å². The molecule has 0 aromatic heterocycles. The number of nitrogens with zero attached hydrogens (tertiary/aromatic N) is 1. The van der Waals surface area contributed by atoms with Gasteiger partial charge >= 0.3 is 0 Å². The van der Waals surface area contributed by atoms with Crippen molar-refractivity contribution in [2.75, 3.05) is 34.4 Å². The number of methoxy groups -OCH3 is 2. The molecule has 0 saturated carbocycles. The molecule has 3 aromatic rings. The Morgan fingerprint density at radius 2 is 1.64 bits per heavy atom. The molecule has 1 atom stereocenters. The van der Waals surface area contributed by atoms with Crippen molar-refractivity contribution in [1.29, 1.82) is 0 Å². The number of hydrogen-bond donors (Lipinski definition) is 1. The van der Waals surface area contributed by atoms with Crippen molar-refractivity contribution in [1.82, 2.24) is 4.90 Å². The summed E-state index contributed by atoms with van der Waals surface area (Å²) in [6.45, 7) is 1.43. The van der Waals surface area contributed by atoms with Gasteiger partial charge in [-0.1, -0.05) is 42.5 Å². The highest BCUT2D eigenvalue weighted by atomic mass is 16.5. The Morgan fingerprint density at radius 1 is 0.893 bits per heavy atom. The molecule has 0 aliphatic carbocycles. The minimum Gasteiger partial charge on any atom is -0.493 e. The second-order valence-electron chi connectivity index (χ2n) is 6.83. The van der Waals surface area contributed by atoms with Gasteiger partial charge in [0.15, 0.2) is 11.5 Å². The third-order valence-corrected chi connectivity index (χ3v) is 4.60. The summed E-state index contributed by atoms with van der Waals surface area (Å²) < 4.78 is 16.5. The van der Waals surface area contributed by atoms with E-state index in [4.69, 9.17) is 14.2 Å². The quantitative estimate of drug-likeness (QED) is 0.612. The molecule has 1 unspecified atom stereocenters. The lowest BCUT2D eigenvalue weighted by Crippen LogP contribution is -2.32. The van der Waals surface area contributed by atoms with Crippen molar-refractivity contribution < 1.29 is 19.3 Å². The predicted octanol–water partition coefficient (Wildman–Crippen LogP) is 3.73. The summed E-state index contributed by atoms with van der Waals surface area (Å²) in [7, 11) is 5.22. The van der Waals surface area contributed by atoms with E-state index in [0.29, 0.717) is 24.6 Å². The van der Waals surface area contributed by atoms with Gasteiger partial charge in [-0.15, -0.1) is 0 Å². The lowest BCUT2D eigenvalue weighted by Gasteiger charge is -2.21. The Kier molecular flexibility index (Phi) is 6.74. The molecule has 3 rings (SSSR count). The lowest BCUT2D eigenvalue weighted by atomic mass is 10.1. The molecule has 0 aliphatic heterocycles. The van der Waals surface area contributed by atoms with Crippen LogP contribution in [0.3, 0.4) is 0 Å². The highest BCUT2D eigenvalue weighted by Crippen LogP contribution is 2.28. The molecule has 28 heavy (non-hydrogen) atoms. The molecule has 5 nitrogen and oxygen atoms in total. The number of ether oxygens (including phenoxy) is 3. The third kappa shape index (κ3) is 4.94. The summed E-state index contributed by atoms with van der Waals surface area (Å²) in [6.07, 6.45) is -0.593. The Morgan fingerprint density at radius 3 is 2.43 bits per heavy atom. The maximum Gasteiger partial charge on any atom is 0.161 e. The van der Waals surface area contributed by atoms with Gasteiger partial charge in [0.2, 0.25) is 0 Å². The van der Waals surface area contributed by atoms with E-state index in [1.54, 1.807) is 14.2 Å². The molecule has 0 aliphatic rings. The fourth-order valence-corrected chi connectivity index (χ4v) is 3.28. The van der Waals surface area contributed by atoms with Gasteiger partial charge in [-0.05, 0) is 36.2 Å². The normalized spacial score (nSPS) is 12.2. The van der Waals surface area contributed by atoms with E-state index in [-0.39, 0.29) is 6.61 Å². The van der Waals surface area contributed by atoms with Crippen molar-refractivity contribution in [2.45, 2.75) is 12.6 Å². The Hall–Kier alpha value is -2.76. The van der Waals surface area contributed by atoms with E-state index in [0.717, 1.165) is 22.1 Å². The average molecular weight is 381 g/mol. The zero-order valence-electron chi connectivity index (χ0n) is 16.6. The van der Waals surface area contributed by atoms with Crippen LogP contribution in [0.2, 0.25) is 0 Å². The van der Waals surface area contributed by atoms with E-state index in [1.165, 1.54) is 0 Å². The summed E-state index contributed by atoms with van der Waals surface area (Å²) in [4.78, 5) is 2.05. The number of hydrogen-bond acceptors (Lipinski definition) is 5. The fourth-order valence-electron chi connectivity index (χ4n) is 3.28. The van der Waals surface area contributed by atoms with Gasteiger partial charge in [0, 0.05) is 18.5 Å². The molecular formula is C23H27NO4. The second-order valence-corrected chi connectivity index (χ2v) is 6.83. The fraction of sp³-hybridized carbons (Fsp3) is 0.304. The van der Waals surface area contributed by atoms with Crippen LogP contribution in [0.1, 0.15) is 5.56 Å². The SMILES string of the molecule is COc1ccc(CN(C)CC(O)COc2cccc3ccccc23)cc1OC. The summed E-state index contributed by atoms with van der Waals surface area (Å²) in [5.41, 5.74) is 1.09. The maximum atomic E-state index is 10.4. The first-order valence-electron chi connectivity index (χ1n) is 9.28. The zero-order chi connectivity index (χ0) is 19.9. The highest BCUT2D eigenvalue weighted by molar-refractivity contribution is 5.88. The minimum atomic E-state index is -0.593. The van der Waals surface area contributed by atoms with Crippen LogP contribution in [-0.4, -0.2) is 50.5 Å². The van der Waals surface area contributed by atoms with Crippen LogP contribution in [-0.2, 0) is 6.54 Å². The van der Waals surface area contributed by atoms with Gasteiger partial charge in [0.05, 0.1) is 14.2 Å². The Balaban J connectivity index is 1.55. The van der Waals surface area contributed by atoms with Gasteiger partial charge in [0.25, 0.3) is 0 Å². The second kappa shape index (κ2) is 9.44. The molecule has 0 amide bonds. The predicted molar refractivity (Wildman–Crippen MR) is 111 cm³/mol. The van der Waals surface area contributed by atoms with Crippen LogP contribution in [0.25, 0.3) is 10.8 Å². The van der Waals surface area contributed by atoms with Gasteiger partial charge in [-0.25, -0.2) is 0 Å². The van der Waals surface area contributed by atoms with Crippen molar-refractivity contribution in [2.24, 2.45) is 0 Å². The first-order chi connectivity index (χ1) is 13.6. The standard InChI is InChI=1S/C23H27NO4/c1-24(14-17-11-12-22(26-2)23(13-17)27-3)15-19(25)16-28-21-10-6-8-18-7-4-5-9-20(18)21/h4-13,19,25H,14-16H2,1-3H3. The smallest absolute Gasteiger partial charge is 0.161 e. The molecule has 0 heterocycles. The van der Waals surface area contributed by atoms with E-state index >= 15 is 0 Å². The van der Waals surface area contributed by atoms with Gasteiger partial charge < -0.3 is 19.3 Å². The molecule has 148 valence electrons. The first kappa shape index (κ1) is 20.0. The molecule has 0 saturated heterocycles. The Bertz CT molecular complexity index is 907. The molecule has 3 aromatic carbocycles. The number of likely N-dealkylation sites (N-methyl/N-ethyl adjacent to an activating group) is 1. The van der Waals surface area contributed by atoms with Crippen LogP contribution in [0.15, 0.2) is 60.7 Å². The average Bonchev–Trinajstić information content (AvgIpc) is 2.72. The molecule has 5 heteroatoms. The number of rotatable bonds is 9. The van der Waals surface area contributed by atoms with Crippen LogP contribution < -0.4 is 14.2 Å². The first-order valence-corrected chi connectivity index (χ1v) is 9.28. The molecule has 0 radical (unpaired) electrons. The number of aliphatic hydroxyl groups excluding tert-OH is 1. The highest BCUT2D eigenvalue weighted by Gasteiger charge is 2.12. The molecule has 1 N–H and O–H groups in total. The topological polar surface area (TPSA) is 51.2 Å². The molecule has 0 fully saturated rings. The number of fused-ring (bicyclic) bond motifs is 1. The minimum absolute atomic E-state index is 0.240. The zero-order valence-corrected chi connectivity index (χ0v) is 16.6. The van der Waals surface area contributed by atoms with Crippen molar-refractivity contribution >= 4 is 10.8 Å². The van der Waals surface area contributed by atoms with Crippen LogP contribution in [0.4, 0.5) is 0 Å².